The lowest BCUT2D eigenvalue weighted by Gasteiger charge is -2.14. The van der Waals surface area contributed by atoms with E-state index in [2.05, 4.69) is 22.0 Å². The molecule has 0 heterocycles. The van der Waals surface area contributed by atoms with Gasteiger partial charge in [-0.15, -0.1) is 0 Å². The monoisotopic (exact) mass is 353 g/mol. The summed E-state index contributed by atoms with van der Waals surface area (Å²) in [5.41, 5.74) is 9.62. The van der Waals surface area contributed by atoms with E-state index in [0.717, 1.165) is 38.4 Å². The molecule has 2 N–H and O–H groups in total. The molecule has 0 saturated heterocycles. The molecule has 0 radical (unpaired) electrons. The molecule has 2 nitrogen and oxygen atoms in total. The Morgan fingerprint density at radius 1 is 1.25 bits per heavy atom. The first kappa shape index (κ1) is 15.4. The smallest absolute Gasteiger partial charge is 0.133 e. The quantitative estimate of drug-likeness (QED) is 0.866. The van der Waals surface area contributed by atoms with Crippen molar-refractivity contribution in [2.45, 2.75) is 19.4 Å². The zero-order chi connectivity index (χ0) is 14.7. The fraction of sp³-hybridized carbons (Fsp3) is 0.250. The minimum Gasteiger partial charge on any atom is -0.496 e. The van der Waals surface area contributed by atoms with Gasteiger partial charge in [0, 0.05) is 11.1 Å². The van der Waals surface area contributed by atoms with Gasteiger partial charge >= 0.3 is 0 Å². The van der Waals surface area contributed by atoms with E-state index >= 15 is 0 Å². The maximum absolute atomic E-state index is 6.28. The zero-order valence-corrected chi connectivity index (χ0v) is 13.8. The molecule has 0 fully saturated rings. The van der Waals surface area contributed by atoms with E-state index in [-0.39, 0.29) is 6.04 Å². The summed E-state index contributed by atoms with van der Waals surface area (Å²) in [6, 6.07) is 11.9. The fourth-order valence-corrected chi connectivity index (χ4v) is 3.07. The van der Waals surface area contributed by atoms with Crippen LogP contribution in [0.1, 0.15) is 22.7 Å². The standard InChI is InChI=1S/C16H17BrClNO/c1-10-5-12(9-13(18)6-10)15(19)8-11-3-4-16(20-2)14(17)7-11/h3-7,9,15H,8,19H2,1-2H3. The summed E-state index contributed by atoms with van der Waals surface area (Å²) < 4.78 is 6.16. The fourth-order valence-electron chi connectivity index (χ4n) is 2.19. The SMILES string of the molecule is COc1ccc(CC(N)c2cc(C)cc(Cl)c2)cc1Br. The highest BCUT2D eigenvalue weighted by atomic mass is 79.9. The van der Waals surface area contributed by atoms with Crippen molar-refractivity contribution in [3.05, 3.63) is 62.6 Å². The summed E-state index contributed by atoms with van der Waals surface area (Å²) in [5.74, 6) is 0.820. The number of aryl methyl sites for hydroxylation is 1. The lowest BCUT2D eigenvalue weighted by Crippen LogP contribution is -2.13. The average molecular weight is 355 g/mol. The molecule has 0 spiro atoms. The predicted octanol–water partition coefficient (Wildman–Crippen LogP) is 4.66. The Labute approximate surface area is 133 Å². The van der Waals surface area contributed by atoms with Crippen molar-refractivity contribution in [3.8, 4) is 5.75 Å². The summed E-state index contributed by atoms with van der Waals surface area (Å²) in [4.78, 5) is 0. The molecule has 1 atom stereocenters. The topological polar surface area (TPSA) is 35.2 Å². The molecule has 106 valence electrons. The highest BCUT2D eigenvalue weighted by Crippen LogP contribution is 2.28. The highest BCUT2D eigenvalue weighted by molar-refractivity contribution is 9.10. The summed E-state index contributed by atoms with van der Waals surface area (Å²) in [7, 11) is 1.65. The number of benzene rings is 2. The molecule has 0 aliphatic carbocycles. The Hall–Kier alpha value is -1.03. The Morgan fingerprint density at radius 2 is 2.00 bits per heavy atom. The second-order valence-corrected chi connectivity index (χ2v) is 6.13. The second-order valence-electron chi connectivity index (χ2n) is 4.84. The van der Waals surface area contributed by atoms with E-state index in [1.807, 2.05) is 37.3 Å². The maximum Gasteiger partial charge on any atom is 0.133 e. The van der Waals surface area contributed by atoms with Crippen molar-refractivity contribution >= 4 is 27.5 Å². The molecule has 0 saturated carbocycles. The Bertz CT molecular complexity index is 595. The lowest BCUT2D eigenvalue weighted by molar-refractivity contribution is 0.412. The van der Waals surface area contributed by atoms with Gasteiger partial charge in [0.05, 0.1) is 11.6 Å². The van der Waals surface area contributed by atoms with Crippen LogP contribution in [-0.2, 0) is 6.42 Å². The Balaban J connectivity index is 2.18. The van der Waals surface area contributed by atoms with Crippen LogP contribution in [0.15, 0.2) is 40.9 Å². The molecule has 0 aromatic heterocycles. The maximum atomic E-state index is 6.28. The van der Waals surface area contributed by atoms with Crippen molar-refractivity contribution in [2.24, 2.45) is 5.73 Å². The number of ether oxygens (including phenoxy) is 1. The molecule has 2 aromatic rings. The number of hydrogen-bond donors (Lipinski definition) is 1. The molecular formula is C16H17BrClNO. The molecule has 2 aromatic carbocycles. The van der Waals surface area contributed by atoms with Crippen LogP contribution >= 0.6 is 27.5 Å². The van der Waals surface area contributed by atoms with Crippen LogP contribution in [0.2, 0.25) is 5.02 Å². The number of hydrogen-bond acceptors (Lipinski definition) is 2. The van der Waals surface area contributed by atoms with Crippen LogP contribution in [0.25, 0.3) is 0 Å². The van der Waals surface area contributed by atoms with E-state index < -0.39 is 0 Å². The largest absolute Gasteiger partial charge is 0.496 e. The van der Waals surface area contributed by atoms with Crippen molar-refractivity contribution in [2.75, 3.05) is 7.11 Å². The molecule has 0 amide bonds. The van der Waals surface area contributed by atoms with Gasteiger partial charge in [-0.05, 0) is 70.2 Å². The van der Waals surface area contributed by atoms with E-state index in [1.165, 1.54) is 0 Å². The predicted molar refractivity (Wildman–Crippen MR) is 87.5 cm³/mol. The molecule has 0 aliphatic heterocycles. The molecule has 2 rings (SSSR count). The van der Waals surface area contributed by atoms with E-state index in [1.54, 1.807) is 7.11 Å². The van der Waals surface area contributed by atoms with Crippen LogP contribution in [0, 0.1) is 6.92 Å². The van der Waals surface area contributed by atoms with Crippen molar-refractivity contribution in [1.29, 1.82) is 0 Å². The van der Waals surface area contributed by atoms with E-state index in [4.69, 9.17) is 22.1 Å². The first-order valence-corrected chi connectivity index (χ1v) is 7.52. The van der Waals surface area contributed by atoms with Gasteiger partial charge in [0.25, 0.3) is 0 Å². The number of halogens is 2. The normalized spacial score (nSPS) is 12.2. The molecule has 4 heteroatoms. The molecule has 0 bridgehead atoms. The summed E-state index contributed by atoms with van der Waals surface area (Å²) in [5, 5.41) is 0.728. The van der Waals surface area contributed by atoms with Crippen LogP contribution in [0.4, 0.5) is 0 Å². The minimum absolute atomic E-state index is 0.0762. The number of rotatable bonds is 4. The third-order valence-corrected chi connectivity index (χ3v) is 4.00. The Kier molecular flexibility index (Phi) is 5.08. The first-order chi connectivity index (χ1) is 9.49. The van der Waals surface area contributed by atoms with Gasteiger partial charge < -0.3 is 10.5 Å². The van der Waals surface area contributed by atoms with Crippen LogP contribution in [0.5, 0.6) is 5.75 Å². The van der Waals surface area contributed by atoms with Gasteiger partial charge in [-0.25, -0.2) is 0 Å². The number of methoxy groups -OCH3 is 1. The van der Waals surface area contributed by atoms with Crippen LogP contribution < -0.4 is 10.5 Å². The summed E-state index contributed by atoms with van der Waals surface area (Å²) in [6.07, 6.45) is 0.752. The summed E-state index contributed by atoms with van der Waals surface area (Å²) >= 11 is 9.57. The van der Waals surface area contributed by atoms with Gasteiger partial charge in [0.15, 0.2) is 0 Å². The highest BCUT2D eigenvalue weighted by Gasteiger charge is 2.10. The number of nitrogens with two attached hydrogens (primary N) is 1. The van der Waals surface area contributed by atoms with Gasteiger partial charge in [0.1, 0.15) is 5.75 Å². The van der Waals surface area contributed by atoms with Crippen molar-refractivity contribution in [1.82, 2.24) is 0 Å². The average Bonchev–Trinajstić information content (AvgIpc) is 2.37. The van der Waals surface area contributed by atoms with Crippen molar-refractivity contribution in [3.63, 3.8) is 0 Å². The zero-order valence-electron chi connectivity index (χ0n) is 11.5. The Morgan fingerprint density at radius 3 is 2.60 bits per heavy atom. The molecule has 1 unspecified atom stereocenters. The van der Waals surface area contributed by atoms with Gasteiger partial charge in [-0.1, -0.05) is 23.7 Å². The third kappa shape index (κ3) is 3.75. The molecule has 20 heavy (non-hydrogen) atoms. The van der Waals surface area contributed by atoms with Crippen LogP contribution in [-0.4, -0.2) is 7.11 Å². The minimum atomic E-state index is -0.0762. The van der Waals surface area contributed by atoms with Crippen LogP contribution in [0.3, 0.4) is 0 Å². The van der Waals surface area contributed by atoms with E-state index in [9.17, 15) is 0 Å². The van der Waals surface area contributed by atoms with Gasteiger partial charge in [-0.2, -0.15) is 0 Å². The second kappa shape index (κ2) is 6.61. The van der Waals surface area contributed by atoms with Crippen molar-refractivity contribution < 1.29 is 4.74 Å². The van der Waals surface area contributed by atoms with E-state index in [0.29, 0.717) is 0 Å². The molecule has 0 aliphatic rings. The van der Waals surface area contributed by atoms with Gasteiger partial charge in [0.2, 0.25) is 0 Å². The van der Waals surface area contributed by atoms with Gasteiger partial charge in [-0.3, -0.25) is 0 Å². The lowest BCUT2D eigenvalue weighted by atomic mass is 9.98. The molecular weight excluding hydrogens is 338 g/mol. The third-order valence-electron chi connectivity index (χ3n) is 3.16. The summed E-state index contributed by atoms with van der Waals surface area (Å²) in [6.45, 7) is 2.02. The first-order valence-electron chi connectivity index (χ1n) is 6.34.